The number of ether oxygens (including phenoxy) is 1. The summed E-state index contributed by atoms with van der Waals surface area (Å²) in [6.45, 7) is 5.58. The van der Waals surface area contributed by atoms with E-state index in [1.165, 1.54) is 10.4 Å². The first-order chi connectivity index (χ1) is 15.7. The molecule has 166 valence electrons. The number of hydrogen-bond donors (Lipinski definition) is 0. The normalized spacial score (nSPS) is 19.8. The number of anilines is 1. The number of hydrogen-bond acceptors (Lipinski definition) is 7. The zero-order chi connectivity index (χ0) is 22.1. The zero-order valence-corrected chi connectivity index (χ0v) is 19.2. The van der Waals surface area contributed by atoms with E-state index < -0.39 is 0 Å². The Morgan fingerprint density at radius 3 is 2.41 bits per heavy atom. The molecule has 2 atom stereocenters. The minimum absolute atomic E-state index is 0.0136. The molecule has 1 aromatic heterocycles. The van der Waals surface area contributed by atoms with E-state index in [0.717, 1.165) is 54.9 Å². The molecule has 0 amide bonds. The average molecular weight is 450 g/mol. The highest BCUT2D eigenvalue weighted by Gasteiger charge is 2.43. The molecule has 3 heterocycles. The summed E-state index contributed by atoms with van der Waals surface area (Å²) in [5.74, 6) is 1.62. The number of benzene rings is 2. The van der Waals surface area contributed by atoms with Crippen LogP contribution in [0.4, 0.5) is 5.69 Å². The summed E-state index contributed by atoms with van der Waals surface area (Å²) in [5.41, 5.74) is 2.36. The Kier molecular flexibility index (Phi) is 5.89. The van der Waals surface area contributed by atoms with Crippen molar-refractivity contribution in [3.63, 3.8) is 0 Å². The lowest BCUT2D eigenvalue weighted by Crippen LogP contribution is -2.50. The van der Waals surface area contributed by atoms with E-state index in [2.05, 4.69) is 44.1 Å². The van der Waals surface area contributed by atoms with Gasteiger partial charge in [0, 0.05) is 38.3 Å². The Labute approximate surface area is 192 Å². The highest BCUT2D eigenvalue weighted by molar-refractivity contribution is 8.00. The van der Waals surface area contributed by atoms with Crippen LogP contribution in [0.25, 0.3) is 0 Å². The number of aromatic nitrogens is 3. The summed E-state index contributed by atoms with van der Waals surface area (Å²) in [4.78, 5) is 22.7. The first-order valence-electron chi connectivity index (χ1n) is 11.0. The van der Waals surface area contributed by atoms with Gasteiger partial charge in [-0.15, -0.1) is 5.10 Å². The molecule has 2 aromatic carbocycles. The van der Waals surface area contributed by atoms with Gasteiger partial charge in [-0.3, -0.25) is 9.69 Å². The molecule has 32 heavy (non-hydrogen) atoms. The second kappa shape index (κ2) is 8.96. The van der Waals surface area contributed by atoms with Crippen molar-refractivity contribution in [1.82, 2.24) is 19.7 Å². The largest absolute Gasteiger partial charge is 0.497 e. The number of fused-ring (bicyclic) bond motifs is 1. The zero-order valence-electron chi connectivity index (χ0n) is 18.3. The highest BCUT2D eigenvalue weighted by Crippen LogP contribution is 2.41. The van der Waals surface area contributed by atoms with E-state index in [1.807, 2.05) is 37.3 Å². The maximum Gasteiger partial charge on any atom is 0.264 e. The number of piperazine rings is 1. The van der Waals surface area contributed by atoms with Crippen molar-refractivity contribution < 1.29 is 9.53 Å². The first kappa shape index (κ1) is 21.0. The molecule has 5 rings (SSSR count). The van der Waals surface area contributed by atoms with Gasteiger partial charge in [0.2, 0.25) is 0 Å². The molecule has 7 nitrogen and oxygen atoms in total. The van der Waals surface area contributed by atoms with Gasteiger partial charge in [-0.1, -0.05) is 49.0 Å². The quantitative estimate of drug-likeness (QED) is 0.570. The summed E-state index contributed by atoms with van der Waals surface area (Å²) in [7, 11) is 1.69. The smallest absolute Gasteiger partial charge is 0.264 e. The maximum atomic E-state index is 13.3. The lowest BCUT2D eigenvalue weighted by atomic mass is 10.00. The van der Waals surface area contributed by atoms with Crippen LogP contribution in [0.2, 0.25) is 0 Å². The lowest BCUT2D eigenvalue weighted by Gasteiger charge is -2.41. The van der Waals surface area contributed by atoms with Crippen molar-refractivity contribution >= 4 is 23.4 Å². The fraction of sp³-hybridized carbons (Fsp3) is 0.375. The van der Waals surface area contributed by atoms with Gasteiger partial charge >= 0.3 is 0 Å². The molecule has 0 aliphatic carbocycles. The van der Waals surface area contributed by atoms with Crippen LogP contribution in [0.1, 0.15) is 29.1 Å². The van der Waals surface area contributed by atoms with E-state index in [0.29, 0.717) is 0 Å². The van der Waals surface area contributed by atoms with Crippen molar-refractivity contribution in [2.75, 3.05) is 38.2 Å². The molecule has 1 fully saturated rings. The molecule has 0 bridgehead atoms. The van der Waals surface area contributed by atoms with Crippen LogP contribution in [0.15, 0.2) is 59.8 Å². The molecule has 8 heteroatoms. The fourth-order valence-corrected chi connectivity index (χ4v) is 5.75. The molecular weight excluding hydrogens is 422 g/mol. The van der Waals surface area contributed by atoms with Crippen LogP contribution in [-0.4, -0.2) is 64.1 Å². The number of carbonyl (C=O) groups excluding carboxylic acids is 1. The molecule has 0 N–H and O–H groups in total. The van der Waals surface area contributed by atoms with Crippen LogP contribution in [-0.2, 0) is 6.42 Å². The topological polar surface area (TPSA) is 63.5 Å². The van der Waals surface area contributed by atoms with Gasteiger partial charge in [0.05, 0.1) is 13.2 Å². The summed E-state index contributed by atoms with van der Waals surface area (Å²) in [5, 5.41) is 4.90. The van der Waals surface area contributed by atoms with E-state index >= 15 is 0 Å². The Hall–Kier alpha value is -2.84. The Morgan fingerprint density at radius 2 is 1.78 bits per heavy atom. The number of thioether (sulfide) groups is 1. The minimum atomic E-state index is -0.245. The predicted octanol–water partition coefficient (Wildman–Crippen LogP) is 3.53. The summed E-state index contributed by atoms with van der Waals surface area (Å²) < 4.78 is 6.79. The summed E-state index contributed by atoms with van der Waals surface area (Å²) >= 11 is 1.55. The molecule has 0 radical (unpaired) electrons. The molecule has 3 aromatic rings. The van der Waals surface area contributed by atoms with E-state index in [-0.39, 0.29) is 17.2 Å². The first-order valence-corrected chi connectivity index (χ1v) is 11.9. The SMILES string of the molecule is CCc1nc2n(n1)C(=O)C(C(c1ccccc1)N1CCN(c3ccc(OC)cc3)CC1)S2. The predicted molar refractivity (Wildman–Crippen MR) is 126 cm³/mol. The summed E-state index contributed by atoms with van der Waals surface area (Å²) in [6, 6.07) is 18.6. The Bertz CT molecular complexity index is 1080. The van der Waals surface area contributed by atoms with Crippen molar-refractivity contribution in [3.05, 3.63) is 66.0 Å². The van der Waals surface area contributed by atoms with E-state index in [1.54, 1.807) is 18.9 Å². The Morgan fingerprint density at radius 1 is 1.06 bits per heavy atom. The van der Waals surface area contributed by atoms with E-state index in [9.17, 15) is 4.79 Å². The van der Waals surface area contributed by atoms with Crippen molar-refractivity contribution in [2.45, 2.75) is 29.8 Å². The molecule has 2 unspecified atom stereocenters. The van der Waals surface area contributed by atoms with E-state index in [4.69, 9.17) is 4.74 Å². The summed E-state index contributed by atoms with van der Waals surface area (Å²) in [6.07, 6.45) is 0.730. The van der Waals surface area contributed by atoms with Crippen LogP contribution >= 0.6 is 11.8 Å². The minimum Gasteiger partial charge on any atom is -0.497 e. The third kappa shape index (κ3) is 3.89. The van der Waals surface area contributed by atoms with Gasteiger partial charge < -0.3 is 9.64 Å². The van der Waals surface area contributed by atoms with Gasteiger partial charge in [0.1, 0.15) is 11.0 Å². The number of methoxy groups -OCH3 is 1. The number of carbonyl (C=O) groups is 1. The van der Waals surface area contributed by atoms with Gasteiger partial charge in [-0.25, -0.2) is 4.98 Å². The van der Waals surface area contributed by atoms with Crippen molar-refractivity contribution in [2.24, 2.45) is 0 Å². The average Bonchev–Trinajstić information content (AvgIpc) is 3.39. The van der Waals surface area contributed by atoms with Crippen LogP contribution in [0.3, 0.4) is 0 Å². The third-order valence-electron chi connectivity index (χ3n) is 6.20. The third-order valence-corrected chi connectivity index (χ3v) is 7.38. The van der Waals surface area contributed by atoms with Crippen LogP contribution in [0, 0.1) is 0 Å². The molecule has 2 aliphatic heterocycles. The molecule has 0 spiro atoms. The molecular formula is C24H27N5O2S. The molecule has 1 saturated heterocycles. The number of nitrogens with zero attached hydrogens (tertiary/aromatic N) is 5. The van der Waals surface area contributed by atoms with Gasteiger partial charge in [-0.05, 0) is 29.8 Å². The second-order valence-corrected chi connectivity index (χ2v) is 9.14. The van der Waals surface area contributed by atoms with Gasteiger partial charge in [0.25, 0.3) is 5.91 Å². The standard InChI is InChI=1S/C24H27N5O2S/c1-3-20-25-24-29(26-20)23(30)22(32-24)21(17-7-5-4-6-8-17)28-15-13-27(14-16-28)18-9-11-19(31-2)12-10-18/h4-12,21-22H,3,13-16H2,1-2H3. The van der Waals surface area contributed by atoms with Crippen LogP contribution < -0.4 is 9.64 Å². The van der Waals surface area contributed by atoms with Gasteiger partial charge in [0.15, 0.2) is 11.0 Å². The van der Waals surface area contributed by atoms with Crippen molar-refractivity contribution in [3.8, 4) is 5.75 Å². The van der Waals surface area contributed by atoms with Crippen LogP contribution in [0.5, 0.6) is 5.75 Å². The lowest BCUT2D eigenvalue weighted by molar-refractivity contribution is 0.0830. The monoisotopic (exact) mass is 449 g/mol. The second-order valence-electron chi connectivity index (χ2n) is 8.03. The molecule has 2 aliphatic rings. The fourth-order valence-electron chi connectivity index (χ4n) is 4.47. The highest BCUT2D eigenvalue weighted by atomic mass is 32.2. The number of aryl methyl sites for hydroxylation is 1. The maximum absolute atomic E-state index is 13.3. The van der Waals surface area contributed by atoms with Gasteiger partial charge in [-0.2, -0.15) is 4.68 Å². The molecule has 0 saturated carbocycles. The number of rotatable bonds is 6. The Balaban J connectivity index is 1.36. The van der Waals surface area contributed by atoms with Crippen molar-refractivity contribution in [1.29, 1.82) is 0 Å².